The second-order valence-corrected chi connectivity index (χ2v) is 6.19. The van der Waals surface area contributed by atoms with Crippen LogP contribution in [0, 0.1) is 11.8 Å². The number of halogens is 1. The monoisotopic (exact) mass is 433 g/mol. The van der Waals surface area contributed by atoms with E-state index < -0.39 is 0 Å². The third-order valence-corrected chi connectivity index (χ3v) is 4.89. The maximum Gasteiger partial charge on any atom is 0.194 e. The Morgan fingerprint density at radius 1 is 1.39 bits per heavy atom. The second-order valence-electron chi connectivity index (χ2n) is 6.19. The highest BCUT2D eigenvalue weighted by Gasteiger charge is 2.29. The lowest BCUT2D eigenvalue weighted by Crippen LogP contribution is -2.40. The van der Waals surface area contributed by atoms with E-state index in [1.807, 2.05) is 24.0 Å². The number of rotatable bonds is 6. The van der Waals surface area contributed by atoms with Crippen molar-refractivity contribution in [2.75, 3.05) is 19.6 Å². The summed E-state index contributed by atoms with van der Waals surface area (Å²) >= 11 is 0. The van der Waals surface area contributed by atoms with Gasteiger partial charge in [0.2, 0.25) is 0 Å². The Labute approximate surface area is 157 Å². The number of aryl methyl sites for hydroxylation is 1. The molecule has 5 nitrogen and oxygen atoms in total. The number of likely N-dealkylation sites (tertiary alicyclic amines) is 1. The minimum atomic E-state index is 0. The molecule has 1 saturated heterocycles. The van der Waals surface area contributed by atoms with Gasteiger partial charge in [0.15, 0.2) is 5.96 Å². The van der Waals surface area contributed by atoms with Crippen molar-refractivity contribution < 1.29 is 0 Å². The van der Waals surface area contributed by atoms with Gasteiger partial charge in [0.25, 0.3) is 0 Å². The van der Waals surface area contributed by atoms with Crippen LogP contribution in [0.3, 0.4) is 0 Å². The van der Waals surface area contributed by atoms with Gasteiger partial charge in [-0.05, 0) is 31.2 Å². The molecule has 0 aliphatic carbocycles. The SMILES string of the molecule is CCNC(=NCc1ccnn1C)N1CCC(C(CC)CC)C1.I. The molecule has 23 heavy (non-hydrogen) atoms. The molecule has 0 saturated carbocycles. The maximum absolute atomic E-state index is 4.81. The van der Waals surface area contributed by atoms with E-state index in [0.717, 1.165) is 43.1 Å². The Morgan fingerprint density at radius 2 is 2.13 bits per heavy atom. The molecule has 1 fully saturated rings. The van der Waals surface area contributed by atoms with E-state index in [0.29, 0.717) is 6.54 Å². The average molecular weight is 433 g/mol. The summed E-state index contributed by atoms with van der Waals surface area (Å²) in [5.41, 5.74) is 1.14. The molecule has 1 atom stereocenters. The number of guanidine groups is 1. The highest BCUT2D eigenvalue weighted by Crippen LogP contribution is 2.28. The van der Waals surface area contributed by atoms with E-state index in [1.54, 1.807) is 0 Å². The van der Waals surface area contributed by atoms with E-state index in [9.17, 15) is 0 Å². The first-order valence-electron chi connectivity index (χ1n) is 8.69. The van der Waals surface area contributed by atoms with Crippen LogP contribution in [0.25, 0.3) is 0 Å². The second kappa shape index (κ2) is 10.2. The van der Waals surface area contributed by atoms with Gasteiger partial charge in [-0.3, -0.25) is 4.68 Å². The highest BCUT2D eigenvalue weighted by molar-refractivity contribution is 14.0. The lowest BCUT2D eigenvalue weighted by molar-refractivity contribution is 0.319. The van der Waals surface area contributed by atoms with E-state index >= 15 is 0 Å². The van der Waals surface area contributed by atoms with Crippen molar-refractivity contribution >= 4 is 29.9 Å². The fraction of sp³-hybridized carbons (Fsp3) is 0.765. The van der Waals surface area contributed by atoms with E-state index in [-0.39, 0.29) is 24.0 Å². The standard InChI is InChI=1S/C17H31N5.HI/c1-5-14(6-2)15-9-11-22(13-15)17(18-7-3)19-12-16-8-10-20-21(16)4;/h8,10,14-15H,5-7,9,11-13H2,1-4H3,(H,18,19);1H. The molecule has 0 radical (unpaired) electrons. The lowest BCUT2D eigenvalue weighted by atomic mass is 9.87. The lowest BCUT2D eigenvalue weighted by Gasteiger charge is -2.24. The molecule has 1 aromatic rings. The van der Waals surface area contributed by atoms with Crippen LogP contribution < -0.4 is 5.32 Å². The number of hydrogen-bond acceptors (Lipinski definition) is 2. The maximum atomic E-state index is 4.81. The quantitative estimate of drug-likeness (QED) is 0.426. The molecule has 0 amide bonds. The molecular formula is C17H32IN5. The van der Waals surface area contributed by atoms with Crippen molar-refractivity contribution in [1.29, 1.82) is 0 Å². The normalized spacial score (nSPS) is 18.4. The van der Waals surface area contributed by atoms with Crippen LogP contribution in [0.1, 0.15) is 45.7 Å². The Kier molecular flexibility index (Phi) is 8.94. The van der Waals surface area contributed by atoms with Crippen molar-refractivity contribution in [1.82, 2.24) is 20.0 Å². The molecule has 2 rings (SSSR count). The zero-order valence-corrected chi connectivity index (χ0v) is 17.3. The Bertz CT molecular complexity index is 481. The molecular weight excluding hydrogens is 401 g/mol. The average Bonchev–Trinajstić information content (AvgIpc) is 3.15. The molecule has 1 unspecified atom stereocenters. The third-order valence-electron chi connectivity index (χ3n) is 4.89. The van der Waals surface area contributed by atoms with Crippen molar-refractivity contribution in [3.05, 3.63) is 18.0 Å². The van der Waals surface area contributed by atoms with Crippen molar-refractivity contribution in [2.24, 2.45) is 23.9 Å². The molecule has 0 spiro atoms. The van der Waals surface area contributed by atoms with Crippen LogP contribution in [-0.2, 0) is 13.6 Å². The summed E-state index contributed by atoms with van der Waals surface area (Å²) in [5.74, 6) is 2.72. The summed E-state index contributed by atoms with van der Waals surface area (Å²) < 4.78 is 1.89. The van der Waals surface area contributed by atoms with Gasteiger partial charge in [-0.1, -0.05) is 26.7 Å². The van der Waals surface area contributed by atoms with Crippen LogP contribution in [0.15, 0.2) is 17.3 Å². The summed E-state index contributed by atoms with van der Waals surface area (Å²) in [5, 5.41) is 7.66. The van der Waals surface area contributed by atoms with Gasteiger partial charge in [-0.2, -0.15) is 5.10 Å². The molecule has 2 heterocycles. The first-order chi connectivity index (χ1) is 10.7. The van der Waals surface area contributed by atoms with Gasteiger partial charge >= 0.3 is 0 Å². The van der Waals surface area contributed by atoms with Gasteiger partial charge in [-0.15, -0.1) is 24.0 Å². The summed E-state index contributed by atoms with van der Waals surface area (Å²) in [6.07, 6.45) is 5.70. The predicted octanol–water partition coefficient (Wildman–Crippen LogP) is 3.26. The molecule has 1 aliphatic rings. The largest absolute Gasteiger partial charge is 0.357 e. The number of hydrogen-bond donors (Lipinski definition) is 1. The molecule has 0 bridgehead atoms. The summed E-state index contributed by atoms with van der Waals surface area (Å²) in [4.78, 5) is 7.25. The number of nitrogens with zero attached hydrogens (tertiary/aromatic N) is 4. The van der Waals surface area contributed by atoms with E-state index in [4.69, 9.17) is 4.99 Å². The molecule has 1 N–H and O–H groups in total. The van der Waals surface area contributed by atoms with Gasteiger partial charge in [0.1, 0.15) is 0 Å². The van der Waals surface area contributed by atoms with Gasteiger partial charge < -0.3 is 10.2 Å². The Morgan fingerprint density at radius 3 is 2.70 bits per heavy atom. The third kappa shape index (κ3) is 5.36. The number of nitrogens with one attached hydrogen (secondary N) is 1. The van der Waals surface area contributed by atoms with E-state index in [1.165, 1.54) is 19.3 Å². The van der Waals surface area contributed by atoms with Crippen LogP contribution in [-0.4, -0.2) is 40.3 Å². The molecule has 1 aromatic heterocycles. The number of aliphatic imine (C=N–C) groups is 1. The van der Waals surface area contributed by atoms with Crippen molar-refractivity contribution in [3.63, 3.8) is 0 Å². The molecule has 1 aliphatic heterocycles. The van der Waals surface area contributed by atoms with Crippen LogP contribution in [0.2, 0.25) is 0 Å². The van der Waals surface area contributed by atoms with Crippen molar-refractivity contribution in [2.45, 2.75) is 46.6 Å². The zero-order chi connectivity index (χ0) is 15.9. The van der Waals surface area contributed by atoms with Crippen molar-refractivity contribution in [3.8, 4) is 0 Å². The Balaban J connectivity index is 0.00000264. The first-order valence-corrected chi connectivity index (χ1v) is 8.69. The summed E-state index contributed by atoms with van der Waals surface area (Å²) in [7, 11) is 1.97. The summed E-state index contributed by atoms with van der Waals surface area (Å²) in [6, 6.07) is 2.03. The summed E-state index contributed by atoms with van der Waals surface area (Å²) in [6.45, 7) is 10.6. The molecule has 0 aromatic carbocycles. The predicted molar refractivity (Wildman–Crippen MR) is 107 cm³/mol. The van der Waals surface area contributed by atoms with E-state index in [2.05, 4.69) is 36.1 Å². The van der Waals surface area contributed by atoms with Crippen LogP contribution in [0.4, 0.5) is 0 Å². The molecule has 132 valence electrons. The van der Waals surface area contributed by atoms with Crippen LogP contribution in [0.5, 0.6) is 0 Å². The van der Waals surface area contributed by atoms with Gasteiger partial charge in [0, 0.05) is 32.9 Å². The van der Waals surface area contributed by atoms with Crippen LogP contribution >= 0.6 is 24.0 Å². The number of aromatic nitrogens is 2. The van der Waals surface area contributed by atoms with Gasteiger partial charge in [0.05, 0.1) is 12.2 Å². The molecule has 6 heteroatoms. The highest BCUT2D eigenvalue weighted by atomic mass is 127. The fourth-order valence-corrected chi connectivity index (χ4v) is 3.46. The zero-order valence-electron chi connectivity index (χ0n) is 15.0. The van der Waals surface area contributed by atoms with Gasteiger partial charge in [-0.25, -0.2) is 4.99 Å². The fourth-order valence-electron chi connectivity index (χ4n) is 3.46. The smallest absolute Gasteiger partial charge is 0.194 e. The first kappa shape index (κ1) is 20.3. The topological polar surface area (TPSA) is 45.5 Å². The minimum absolute atomic E-state index is 0. The Hall–Kier alpha value is -0.790. The minimum Gasteiger partial charge on any atom is -0.357 e.